The van der Waals surface area contributed by atoms with Crippen LogP contribution in [0.15, 0.2) is 77.5 Å². The van der Waals surface area contributed by atoms with Gasteiger partial charge in [0, 0.05) is 0 Å². The van der Waals surface area contributed by atoms with Gasteiger partial charge in [0.25, 0.3) is 0 Å². The zero-order valence-electron chi connectivity index (χ0n) is 9.58. The summed E-state index contributed by atoms with van der Waals surface area (Å²) in [5.74, 6) is 0. The summed E-state index contributed by atoms with van der Waals surface area (Å²) >= 11 is 0. The van der Waals surface area contributed by atoms with Crippen molar-refractivity contribution in [2.45, 2.75) is 6.42 Å². The lowest BCUT2D eigenvalue weighted by Gasteiger charge is -1.96. The van der Waals surface area contributed by atoms with Crippen LogP contribution in [-0.4, -0.2) is 0 Å². The molecule has 2 rings (SSSR count). The van der Waals surface area contributed by atoms with E-state index in [1.165, 1.54) is 5.56 Å². The maximum Gasteiger partial charge on any atom is 0.0857 e. The van der Waals surface area contributed by atoms with Gasteiger partial charge < -0.3 is 0 Å². The van der Waals surface area contributed by atoms with Crippen LogP contribution in [0.1, 0.15) is 5.56 Å². The van der Waals surface area contributed by atoms with Gasteiger partial charge in [-0.25, -0.2) is 0 Å². The molecular formula is C15H14N2. The van der Waals surface area contributed by atoms with Crippen LogP contribution in [0.4, 0.5) is 11.4 Å². The van der Waals surface area contributed by atoms with E-state index in [1.54, 1.807) is 0 Å². The molecule has 0 aliphatic rings. The molecule has 0 saturated heterocycles. The Bertz CT molecular complexity index is 498. The molecule has 2 aromatic carbocycles. The number of rotatable bonds is 4. The van der Waals surface area contributed by atoms with Gasteiger partial charge in [-0.1, -0.05) is 36.4 Å². The first-order valence-electron chi connectivity index (χ1n) is 5.55. The Morgan fingerprint density at radius 3 is 2.00 bits per heavy atom. The minimum Gasteiger partial charge on any atom is -0.151 e. The van der Waals surface area contributed by atoms with Crippen molar-refractivity contribution in [3.63, 3.8) is 0 Å². The molecule has 0 N–H and O–H groups in total. The first-order valence-corrected chi connectivity index (χ1v) is 5.55. The predicted molar refractivity (Wildman–Crippen MR) is 71.0 cm³/mol. The molecule has 0 heterocycles. The van der Waals surface area contributed by atoms with E-state index in [0.717, 1.165) is 17.8 Å². The summed E-state index contributed by atoms with van der Waals surface area (Å²) in [5.41, 5.74) is 2.96. The number of allylic oxidation sites excluding steroid dienone is 1. The van der Waals surface area contributed by atoms with Crippen LogP contribution in [0, 0.1) is 0 Å². The van der Waals surface area contributed by atoms with Crippen molar-refractivity contribution in [1.82, 2.24) is 0 Å². The maximum absolute atomic E-state index is 4.18. The van der Waals surface area contributed by atoms with E-state index in [-0.39, 0.29) is 0 Å². The zero-order valence-corrected chi connectivity index (χ0v) is 9.58. The van der Waals surface area contributed by atoms with Crippen LogP contribution >= 0.6 is 0 Å². The molecule has 0 saturated carbocycles. The van der Waals surface area contributed by atoms with Crippen molar-refractivity contribution >= 4 is 11.4 Å². The first-order chi connectivity index (χ1) is 8.38. The van der Waals surface area contributed by atoms with E-state index in [1.807, 2.05) is 60.7 Å². The fraction of sp³-hybridized carbons (Fsp3) is 0.0667. The van der Waals surface area contributed by atoms with Gasteiger partial charge in [-0.3, -0.25) is 0 Å². The van der Waals surface area contributed by atoms with Gasteiger partial charge in [0.1, 0.15) is 0 Å². The monoisotopic (exact) mass is 222 g/mol. The molecule has 0 amide bonds. The second-order valence-electron chi connectivity index (χ2n) is 3.69. The Kier molecular flexibility index (Phi) is 3.81. The van der Waals surface area contributed by atoms with Gasteiger partial charge in [-0.05, 0) is 36.2 Å². The number of hydrogen-bond acceptors (Lipinski definition) is 2. The highest BCUT2D eigenvalue weighted by Gasteiger charge is 1.91. The van der Waals surface area contributed by atoms with Gasteiger partial charge >= 0.3 is 0 Å². The molecule has 2 nitrogen and oxygen atoms in total. The van der Waals surface area contributed by atoms with Gasteiger partial charge in [0.2, 0.25) is 0 Å². The van der Waals surface area contributed by atoms with E-state index in [9.17, 15) is 0 Å². The highest BCUT2D eigenvalue weighted by molar-refractivity contribution is 5.41. The lowest BCUT2D eigenvalue weighted by Crippen LogP contribution is -1.77. The average Bonchev–Trinajstić information content (AvgIpc) is 2.40. The first kappa shape index (κ1) is 11.3. The van der Waals surface area contributed by atoms with Crippen LogP contribution in [0.5, 0.6) is 0 Å². The van der Waals surface area contributed by atoms with Gasteiger partial charge in [0.15, 0.2) is 0 Å². The van der Waals surface area contributed by atoms with Crippen LogP contribution in [0.25, 0.3) is 0 Å². The molecule has 0 bridgehead atoms. The minimum absolute atomic E-state index is 0.863. The summed E-state index contributed by atoms with van der Waals surface area (Å²) in [6.07, 6.45) is 2.77. The van der Waals surface area contributed by atoms with E-state index in [0.29, 0.717) is 0 Å². The van der Waals surface area contributed by atoms with Crippen molar-refractivity contribution in [2.24, 2.45) is 10.2 Å². The smallest absolute Gasteiger partial charge is 0.0857 e. The topological polar surface area (TPSA) is 24.7 Å². The van der Waals surface area contributed by atoms with Crippen molar-refractivity contribution in [3.8, 4) is 0 Å². The van der Waals surface area contributed by atoms with E-state index >= 15 is 0 Å². The largest absolute Gasteiger partial charge is 0.151 e. The maximum atomic E-state index is 4.18. The summed E-state index contributed by atoms with van der Waals surface area (Å²) < 4.78 is 0. The summed E-state index contributed by atoms with van der Waals surface area (Å²) in [6.45, 7) is 3.71. The molecule has 0 aliphatic heterocycles. The molecule has 0 spiro atoms. The highest BCUT2D eigenvalue weighted by Crippen LogP contribution is 2.18. The van der Waals surface area contributed by atoms with E-state index in [4.69, 9.17) is 0 Å². The van der Waals surface area contributed by atoms with Gasteiger partial charge in [-0.2, -0.15) is 10.2 Å². The van der Waals surface area contributed by atoms with Crippen molar-refractivity contribution in [1.29, 1.82) is 0 Å². The van der Waals surface area contributed by atoms with Gasteiger partial charge in [-0.15, -0.1) is 6.58 Å². The average molecular weight is 222 g/mol. The molecular weight excluding hydrogens is 208 g/mol. The summed E-state index contributed by atoms with van der Waals surface area (Å²) in [6, 6.07) is 17.7. The van der Waals surface area contributed by atoms with Crippen molar-refractivity contribution < 1.29 is 0 Å². The van der Waals surface area contributed by atoms with Crippen LogP contribution in [0.3, 0.4) is 0 Å². The SMILES string of the molecule is C=CCc1ccc(N=Nc2ccccc2)cc1. The lowest BCUT2D eigenvalue weighted by atomic mass is 10.1. The Morgan fingerprint density at radius 1 is 0.824 bits per heavy atom. The van der Waals surface area contributed by atoms with Crippen LogP contribution < -0.4 is 0 Å². The third-order valence-electron chi connectivity index (χ3n) is 2.35. The third-order valence-corrected chi connectivity index (χ3v) is 2.35. The highest BCUT2D eigenvalue weighted by atomic mass is 15.1. The third kappa shape index (κ3) is 3.38. The fourth-order valence-corrected chi connectivity index (χ4v) is 1.48. The summed E-state index contributed by atoms with van der Waals surface area (Å²) in [5, 5.41) is 8.33. The van der Waals surface area contributed by atoms with Crippen molar-refractivity contribution in [3.05, 3.63) is 72.8 Å². The lowest BCUT2D eigenvalue weighted by molar-refractivity contribution is 1.21. The molecule has 0 unspecified atom stereocenters. The van der Waals surface area contributed by atoms with Crippen LogP contribution in [0.2, 0.25) is 0 Å². The molecule has 17 heavy (non-hydrogen) atoms. The number of benzene rings is 2. The Balaban J connectivity index is 2.08. The predicted octanol–water partition coefficient (Wildman–Crippen LogP) is 4.83. The van der Waals surface area contributed by atoms with Crippen LogP contribution in [-0.2, 0) is 6.42 Å². The summed E-state index contributed by atoms with van der Waals surface area (Å²) in [4.78, 5) is 0. The number of nitrogens with zero attached hydrogens (tertiary/aromatic N) is 2. The van der Waals surface area contributed by atoms with E-state index in [2.05, 4.69) is 16.8 Å². The Hall–Kier alpha value is -2.22. The second kappa shape index (κ2) is 5.75. The molecule has 0 radical (unpaired) electrons. The number of hydrogen-bond donors (Lipinski definition) is 0. The van der Waals surface area contributed by atoms with Gasteiger partial charge in [0.05, 0.1) is 11.4 Å². The molecule has 84 valence electrons. The quantitative estimate of drug-likeness (QED) is 0.523. The zero-order chi connectivity index (χ0) is 11.9. The van der Waals surface area contributed by atoms with Crippen molar-refractivity contribution in [2.75, 3.05) is 0 Å². The molecule has 0 aromatic heterocycles. The number of azo groups is 1. The Labute approximate surface area is 101 Å². The minimum atomic E-state index is 0.863. The summed E-state index contributed by atoms with van der Waals surface area (Å²) in [7, 11) is 0. The molecule has 0 fully saturated rings. The molecule has 0 aliphatic carbocycles. The standard InChI is InChI=1S/C15H14N2/c1-2-6-13-9-11-15(12-10-13)17-16-14-7-4-3-5-8-14/h2-5,7-12H,1,6H2. The van der Waals surface area contributed by atoms with E-state index < -0.39 is 0 Å². The molecule has 0 atom stereocenters. The molecule has 2 heteroatoms. The second-order valence-corrected chi connectivity index (χ2v) is 3.69. The normalized spacial score (nSPS) is 10.6. The fourth-order valence-electron chi connectivity index (χ4n) is 1.48. The molecule has 2 aromatic rings. The Morgan fingerprint density at radius 2 is 1.41 bits per heavy atom.